The number of methoxy groups -OCH3 is 2. The van der Waals surface area contributed by atoms with Crippen molar-refractivity contribution < 1.29 is 9.47 Å². The maximum atomic E-state index is 6.00. The molecule has 0 bridgehead atoms. The van der Waals surface area contributed by atoms with Gasteiger partial charge in [0.2, 0.25) is 0 Å². The van der Waals surface area contributed by atoms with Gasteiger partial charge in [-0.05, 0) is 120 Å². The first kappa shape index (κ1) is 21.8. The highest BCUT2D eigenvalue weighted by Gasteiger charge is 2.36. The van der Waals surface area contributed by atoms with Crippen LogP contribution in [0.1, 0.15) is 17.9 Å². The molecule has 0 fully saturated rings. The summed E-state index contributed by atoms with van der Waals surface area (Å²) in [6.07, 6.45) is 7.96. The lowest BCUT2D eigenvalue weighted by Gasteiger charge is -2.35. The Morgan fingerprint density at radius 3 is 2.54 bits per heavy atom. The Morgan fingerprint density at radius 2 is 1.82 bits per heavy atom. The number of rotatable bonds is 3. The van der Waals surface area contributed by atoms with Gasteiger partial charge >= 0.3 is 0 Å². The molecule has 4 rings (SSSR count). The van der Waals surface area contributed by atoms with Crippen LogP contribution in [-0.2, 0) is 4.74 Å². The lowest BCUT2D eigenvalue weighted by molar-refractivity contribution is 0.125. The van der Waals surface area contributed by atoms with Crippen molar-refractivity contribution in [3.8, 4) is 5.75 Å². The number of hydrogen-bond donors (Lipinski definition) is 0. The van der Waals surface area contributed by atoms with Gasteiger partial charge < -0.3 is 9.47 Å². The average Bonchev–Trinajstić information content (AvgIpc) is 2.69. The van der Waals surface area contributed by atoms with Gasteiger partial charge in [0.05, 0.1) is 13.2 Å². The average molecular weight is 822 g/mol. The molecule has 0 heterocycles. The van der Waals surface area contributed by atoms with Crippen molar-refractivity contribution in [3.63, 3.8) is 0 Å². The summed E-state index contributed by atoms with van der Waals surface area (Å²) in [6, 6.07) is 8.84. The molecule has 146 valence electrons. The predicted octanol–water partition coefficient (Wildman–Crippen LogP) is 7.55. The minimum atomic E-state index is -0.0162. The van der Waals surface area contributed by atoms with E-state index in [0.29, 0.717) is 3.92 Å². The van der Waals surface area contributed by atoms with Crippen molar-refractivity contribution in [2.75, 3.05) is 14.2 Å². The zero-order valence-electron chi connectivity index (χ0n) is 15.3. The fourth-order valence-corrected chi connectivity index (χ4v) is 6.85. The van der Waals surface area contributed by atoms with E-state index in [4.69, 9.17) is 9.47 Å². The second kappa shape index (κ2) is 8.99. The van der Waals surface area contributed by atoms with Crippen LogP contribution in [0.25, 0.3) is 10.8 Å². The summed E-state index contributed by atoms with van der Waals surface area (Å²) in [5.41, 5.74) is 4.04. The normalized spacial score (nSPS) is 24.4. The number of alkyl halides is 1. The molecule has 3 atom stereocenters. The third kappa shape index (κ3) is 3.93. The topological polar surface area (TPSA) is 18.5 Å². The Balaban J connectivity index is 2.03. The van der Waals surface area contributed by atoms with Crippen molar-refractivity contribution in [3.05, 3.63) is 69.9 Å². The largest absolute Gasteiger partial charge is 0.496 e. The van der Waals surface area contributed by atoms with E-state index in [-0.39, 0.29) is 12.0 Å². The van der Waals surface area contributed by atoms with Crippen molar-refractivity contribution in [2.24, 2.45) is 0 Å². The Morgan fingerprint density at radius 1 is 1.04 bits per heavy atom. The van der Waals surface area contributed by atoms with Crippen LogP contribution in [0.5, 0.6) is 5.75 Å². The minimum Gasteiger partial charge on any atom is -0.496 e. The maximum Gasteiger partial charge on any atom is 0.124 e. The Hall–Kier alpha value is 0.600. The molecule has 0 N–H and O–H groups in total. The van der Waals surface area contributed by atoms with Gasteiger partial charge in [-0.3, -0.25) is 0 Å². The molecule has 2 nitrogen and oxygen atoms in total. The van der Waals surface area contributed by atoms with Crippen molar-refractivity contribution >= 4 is 101 Å². The second-order valence-electron chi connectivity index (χ2n) is 6.87. The molecular weight excluding hydrogens is 804 g/mol. The van der Waals surface area contributed by atoms with Crippen LogP contribution in [0.3, 0.4) is 0 Å². The van der Waals surface area contributed by atoms with E-state index in [2.05, 4.69) is 133 Å². The SMILES string of the molecule is COc1cc(I)c2cc(I)ccc2c1C1C2=C(C[C@H](I)C=C2)C(I)=CC1OC. The Kier molecular flexibility index (Phi) is 7.01. The zero-order chi connectivity index (χ0) is 20.0. The summed E-state index contributed by atoms with van der Waals surface area (Å²) in [5, 5.41) is 2.52. The molecule has 0 amide bonds. The summed E-state index contributed by atoms with van der Waals surface area (Å²) < 4.78 is 16.2. The van der Waals surface area contributed by atoms with Crippen LogP contribution >= 0.6 is 90.4 Å². The van der Waals surface area contributed by atoms with Gasteiger partial charge in [-0.2, -0.15) is 0 Å². The number of allylic oxidation sites excluding steroid dienone is 4. The second-order valence-corrected chi connectivity index (χ2v) is 12.0. The lowest BCUT2D eigenvalue weighted by Crippen LogP contribution is -2.27. The number of fused-ring (bicyclic) bond motifs is 1. The van der Waals surface area contributed by atoms with Gasteiger partial charge in [-0.25, -0.2) is 0 Å². The highest BCUT2D eigenvalue weighted by atomic mass is 127. The Labute approximate surface area is 220 Å². The monoisotopic (exact) mass is 822 g/mol. The van der Waals surface area contributed by atoms with Crippen molar-refractivity contribution in [1.82, 2.24) is 0 Å². The molecule has 0 aromatic heterocycles. The van der Waals surface area contributed by atoms with E-state index in [1.54, 1.807) is 7.11 Å². The van der Waals surface area contributed by atoms with Crippen molar-refractivity contribution in [1.29, 1.82) is 0 Å². The first-order valence-corrected chi connectivity index (χ1v) is 13.3. The molecule has 2 aromatic carbocycles. The van der Waals surface area contributed by atoms with E-state index >= 15 is 0 Å². The third-order valence-corrected chi connectivity index (χ3v) is 8.78. The van der Waals surface area contributed by atoms with E-state index in [0.717, 1.165) is 12.2 Å². The van der Waals surface area contributed by atoms with E-state index in [1.165, 1.54) is 38.2 Å². The Bertz CT molecular complexity index is 1040. The van der Waals surface area contributed by atoms with Gasteiger partial charge in [0, 0.05) is 33.2 Å². The molecule has 6 heteroatoms. The smallest absolute Gasteiger partial charge is 0.124 e. The quantitative estimate of drug-likeness (QED) is 0.236. The van der Waals surface area contributed by atoms with Gasteiger partial charge in [0.1, 0.15) is 5.75 Å². The van der Waals surface area contributed by atoms with Crippen LogP contribution in [-0.4, -0.2) is 24.2 Å². The number of halogens is 4. The van der Waals surface area contributed by atoms with Crippen molar-refractivity contribution in [2.45, 2.75) is 22.4 Å². The van der Waals surface area contributed by atoms with E-state index < -0.39 is 0 Å². The molecule has 2 aliphatic carbocycles. The van der Waals surface area contributed by atoms with Gasteiger partial charge in [-0.1, -0.05) is 40.8 Å². The van der Waals surface area contributed by atoms with Crippen LogP contribution in [0.4, 0.5) is 0 Å². The standard InChI is InChI=1S/C22H18I4O2/c1-27-19-9-17(25)15-7-11(23)3-5-13(15)21(19)22-14-6-4-12(24)8-16(14)18(26)10-20(22)28-2/h3-7,9-10,12,20,22H,8H2,1-2H3/t12-,20?,22?/m1/s1. The fraction of sp³-hybridized carbons (Fsp3) is 0.273. The van der Waals surface area contributed by atoms with E-state index in [9.17, 15) is 0 Å². The van der Waals surface area contributed by atoms with Gasteiger partial charge in [0.15, 0.2) is 0 Å². The molecule has 2 aliphatic rings. The molecule has 0 saturated heterocycles. The fourth-order valence-electron chi connectivity index (χ4n) is 4.10. The summed E-state index contributed by atoms with van der Waals surface area (Å²) in [7, 11) is 3.58. The number of hydrogen-bond acceptors (Lipinski definition) is 2. The van der Waals surface area contributed by atoms with Crippen LogP contribution in [0.2, 0.25) is 0 Å². The lowest BCUT2D eigenvalue weighted by atomic mass is 9.75. The first-order chi connectivity index (χ1) is 13.4. The molecule has 28 heavy (non-hydrogen) atoms. The zero-order valence-corrected chi connectivity index (χ0v) is 23.9. The number of benzene rings is 2. The predicted molar refractivity (Wildman–Crippen MR) is 150 cm³/mol. The van der Waals surface area contributed by atoms with E-state index in [1.807, 2.05) is 7.11 Å². The highest BCUT2D eigenvalue weighted by Crippen LogP contribution is 2.50. The first-order valence-electron chi connectivity index (χ1n) is 8.86. The van der Waals surface area contributed by atoms with Gasteiger partial charge in [-0.15, -0.1) is 0 Å². The summed E-state index contributed by atoms with van der Waals surface area (Å²) >= 11 is 9.78. The minimum absolute atomic E-state index is 0.0162. The maximum absolute atomic E-state index is 6.00. The number of ether oxygens (including phenoxy) is 2. The molecule has 0 aliphatic heterocycles. The highest BCUT2D eigenvalue weighted by molar-refractivity contribution is 14.1. The summed E-state index contributed by atoms with van der Waals surface area (Å²) in [4.78, 5) is 0. The molecule has 2 unspecified atom stereocenters. The summed E-state index contributed by atoms with van der Waals surface area (Å²) in [6.45, 7) is 0. The van der Waals surface area contributed by atoms with Crippen LogP contribution < -0.4 is 4.74 Å². The van der Waals surface area contributed by atoms with Crippen LogP contribution in [0, 0.1) is 7.14 Å². The van der Waals surface area contributed by atoms with Gasteiger partial charge in [0.25, 0.3) is 0 Å². The molecule has 0 saturated carbocycles. The van der Waals surface area contributed by atoms with Crippen LogP contribution in [0.15, 0.2) is 57.2 Å². The molecule has 0 radical (unpaired) electrons. The third-order valence-electron chi connectivity index (χ3n) is 5.35. The molecular formula is C22H18I4O2. The molecule has 2 aromatic rings. The summed E-state index contributed by atoms with van der Waals surface area (Å²) in [5.74, 6) is 1.06. The molecule has 0 spiro atoms.